The van der Waals surface area contributed by atoms with Gasteiger partial charge in [0.05, 0.1) is 0 Å². The molecular formula is C100H66BBrO2. The lowest BCUT2D eigenvalue weighted by Crippen LogP contribution is -2.31. The van der Waals surface area contributed by atoms with E-state index in [0.717, 1.165) is 37.1 Å². The average Bonchev–Trinajstić information content (AvgIpc) is 0.715. The molecule has 0 heterocycles. The molecule has 20 rings (SSSR count). The smallest absolute Gasteiger partial charge is 0.423 e. The van der Waals surface area contributed by atoms with Crippen LogP contribution in [0, 0.1) is 0 Å². The van der Waals surface area contributed by atoms with Crippen molar-refractivity contribution >= 4 is 136 Å². The molecule has 0 aliphatic carbocycles. The molecule has 2 nitrogen and oxygen atoms in total. The van der Waals surface area contributed by atoms with Crippen LogP contribution in [-0.4, -0.2) is 17.2 Å². The number of hydrogen-bond donors (Lipinski definition) is 2. The van der Waals surface area contributed by atoms with Gasteiger partial charge in [0.2, 0.25) is 0 Å². The van der Waals surface area contributed by atoms with Crippen molar-refractivity contribution in [3.63, 3.8) is 0 Å². The quantitative estimate of drug-likeness (QED) is 0.0904. The summed E-state index contributed by atoms with van der Waals surface area (Å²) in [5, 5.41) is 44.5. The minimum Gasteiger partial charge on any atom is -0.423 e. The van der Waals surface area contributed by atoms with Gasteiger partial charge in [-0.05, 0) is 221 Å². The van der Waals surface area contributed by atoms with E-state index in [9.17, 15) is 10.0 Å². The third-order valence-electron chi connectivity index (χ3n) is 20.8. The van der Waals surface area contributed by atoms with Crippen molar-refractivity contribution in [1.82, 2.24) is 0 Å². The van der Waals surface area contributed by atoms with Crippen LogP contribution in [0.1, 0.15) is 0 Å². The van der Waals surface area contributed by atoms with Crippen molar-refractivity contribution in [2.75, 3.05) is 0 Å². The second kappa shape index (κ2) is 27.4. The Morgan fingerprint density at radius 3 is 0.856 bits per heavy atom. The summed E-state index contributed by atoms with van der Waals surface area (Å²) < 4.78 is 1.11. The highest BCUT2D eigenvalue weighted by molar-refractivity contribution is 9.10. The number of benzene rings is 20. The summed E-state index contributed by atoms with van der Waals surface area (Å²) >= 11 is 3.54. The lowest BCUT2D eigenvalue weighted by atomic mass is 9.72. The largest absolute Gasteiger partial charge is 0.489 e. The van der Waals surface area contributed by atoms with Crippen LogP contribution >= 0.6 is 15.9 Å². The molecule has 104 heavy (non-hydrogen) atoms. The van der Waals surface area contributed by atoms with Crippen LogP contribution in [0.5, 0.6) is 0 Å². The lowest BCUT2D eigenvalue weighted by Gasteiger charge is -2.18. The van der Waals surface area contributed by atoms with Crippen molar-refractivity contribution < 1.29 is 10.0 Å². The Labute approximate surface area is 612 Å². The van der Waals surface area contributed by atoms with Gasteiger partial charge in [0.1, 0.15) is 0 Å². The van der Waals surface area contributed by atoms with Crippen molar-refractivity contribution in [3.8, 4) is 77.9 Å². The van der Waals surface area contributed by atoms with Crippen molar-refractivity contribution in [1.29, 1.82) is 0 Å². The standard InChI is InChI=1S/C50H32.C30H21BO2.C20H13Br/c1-3-16-41-33(11-1)13-10-22-43(41)35-23-26-36(27-24-35)49-45-18-5-7-20-47(45)50(48-21-8-6-19-46(48)49)40-15-9-14-37(32-40)38-29-30-44-39(31-38)28-25-34-12-2-4-17-42(34)44;32-31(33)30-27-13-5-3-11-25(27)29(26-12-4-6-14-28(26)30)22-18-16-21(17-19-22)24-15-7-9-20-8-1-2-10-23(20)24;21-18-6-3-5-15(13-18)16-10-11-20-17(12-16)9-8-14-4-1-2-7-19(14)20/h1-32H;1-19,32-33H;1-13H. The van der Waals surface area contributed by atoms with Gasteiger partial charge in [-0.15, -0.1) is 0 Å². The summed E-state index contributed by atoms with van der Waals surface area (Å²) in [6.07, 6.45) is 0. The Morgan fingerprint density at radius 1 is 0.173 bits per heavy atom. The normalized spacial score (nSPS) is 11.4. The van der Waals surface area contributed by atoms with E-state index in [-0.39, 0.29) is 0 Å². The van der Waals surface area contributed by atoms with Gasteiger partial charge in [-0.2, -0.15) is 0 Å². The minimum absolute atomic E-state index is 0.553. The van der Waals surface area contributed by atoms with E-state index in [1.807, 2.05) is 36.4 Å². The first-order valence-corrected chi connectivity index (χ1v) is 36.2. The third kappa shape index (κ3) is 11.8. The van der Waals surface area contributed by atoms with Crippen molar-refractivity contribution in [3.05, 3.63) is 393 Å². The van der Waals surface area contributed by atoms with Crippen molar-refractivity contribution in [2.24, 2.45) is 0 Å². The summed E-state index contributed by atoms with van der Waals surface area (Å²) in [4.78, 5) is 0. The molecule has 20 aromatic carbocycles. The maximum absolute atomic E-state index is 10.2. The van der Waals surface area contributed by atoms with Crippen LogP contribution in [0.25, 0.3) is 186 Å². The zero-order valence-electron chi connectivity index (χ0n) is 56.8. The van der Waals surface area contributed by atoms with Gasteiger partial charge in [0, 0.05) is 4.47 Å². The predicted octanol–water partition coefficient (Wildman–Crippen LogP) is 26.7. The van der Waals surface area contributed by atoms with Crippen LogP contribution < -0.4 is 5.46 Å². The number of fused-ring (bicyclic) bond motifs is 12. The maximum atomic E-state index is 10.2. The minimum atomic E-state index is -1.54. The molecule has 4 heteroatoms. The Hall–Kier alpha value is -12.5. The van der Waals surface area contributed by atoms with Gasteiger partial charge < -0.3 is 10.0 Å². The molecule has 0 radical (unpaired) electrons. The lowest BCUT2D eigenvalue weighted by molar-refractivity contribution is 0.426. The summed E-state index contributed by atoms with van der Waals surface area (Å²) in [6, 6.07) is 139. The van der Waals surface area contributed by atoms with Gasteiger partial charge in [-0.1, -0.05) is 374 Å². The molecule has 0 aliphatic rings. The number of halogens is 1. The maximum Gasteiger partial charge on any atom is 0.489 e. The highest BCUT2D eigenvalue weighted by Gasteiger charge is 2.23. The molecule has 0 aliphatic heterocycles. The molecule has 20 aromatic rings. The highest BCUT2D eigenvalue weighted by Crippen LogP contribution is 2.46. The number of hydrogen-bond acceptors (Lipinski definition) is 2. The molecule has 0 saturated carbocycles. The fourth-order valence-corrected chi connectivity index (χ4v) is 16.4. The van der Waals surface area contributed by atoms with E-state index in [2.05, 4.69) is 368 Å². The topological polar surface area (TPSA) is 40.5 Å². The van der Waals surface area contributed by atoms with Gasteiger partial charge in [0.25, 0.3) is 0 Å². The van der Waals surface area contributed by atoms with Gasteiger partial charge in [-0.3, -0.25) is 0 Å². The first kappa shape index (κ1) is 63.6. The van der Waals surface area contributed by atoms with E-state index in [1.54, 1.807) is 0 Å². The Morgan fingerprint density at radius 2 is 0.442 bits per heavy atom. The first-order chi connectivity index (χ1) is 51.3. The van der Waals surface area contributed by atoms with Gasteiger partial charge in [-0.25, -0.2) is 0 Å². The molecule has 0 amide bonds. The zero-order valence-corrected chi connectivity index (χ0v) is 58.4. The third-order valence-corrected chi connectivity index (χ3v) is 21.3. The second-order valence-electron chi connectivity index (χ2n) is 26.8. The molecule has 0 unspecified atom stereocenters. The van der Waals surface area contributed by atoms with E-state index in [4.69, 9.17) is 0 Å². The first-order valence-electron chi connectivity index (χ1n) is 35.4. The van der Waals surface area contributed by atoms with E-state index in [1.165, 1.54) is 153 Å². The molecule has 488 valence electrons. The molecule has 0 aromatic heterocycles. The van der Waals surface area contributed by atoms with Crippen LogP contribution in [0.3, 0.4) is 0 Å². The molecule has 2 N–H and O–H groups in total. The van der Waals surface area contributed by atoms with E-state index in [0.29, 0.717) is 5.46 Å². The molecule has 0 spiro atoms. The summed E-state index contributed by atoms with van der Waals surface area (Å²) in [5.74, 6) is 0. The Bertz CT molecular complexity index is 6590. The predicted molar refractivity (Wildman–Crippen MR) is 450 cm³/mol. The Kier molecular flexibility index (Phi) is 16.8. The number of rotatable bonds is 8. The fourth-order valence-electron chi connectivity index (χ4n) is 16.0. The summed E-state index contributed by atoms with van der Waals surface area (Å²) in [6.45, 7) is 0. The SMILES string of the molecule is Brc1cccc(-c2ccc3c(ccc4ccccc43)c2)c1.OB(O)c1c2ccccc2c(-c2ccc(-c3cccc4ccccc34)cc2)c2ccccc12.c1cc(-c2ccc3c(ccc4ccccc43)c2)cc(-c2c3ccccc3c(-c3ccc(-c4cccc5ccccc45)cc3)c3ccccc23)c1. The molecule has 0 bridgehead atoms. The van der Waals surface area contributed by atoms with E-state index < -0.39 is 7.12 Å². The zero-order chi connectivity index (χ0) is 69.6. The second-order valence-corrected chi connectivity index (χ2v) is 27.8. The highest BCUT2D eigenvalue weighted by atomic mass is 79.9. The Balaban J connectivity index is 0.000000122. The van der Waals surface area contributed by atoms with Gasteiger partial charge >= 0.3 is 7.12 Å². The fraction of sp³-hybridized carbons (Fsp3) is 0. The molecular weight excluding hydrogens is 1320 g/mol. The van der Waals surface area contributed by atoms with Crippen LogP contribution in [0.15, 0.2) is 393 Å². The van der Waals surface area contributed by atoms with Crippen molar-refractivity contribution in [2.45, 2.75) is 0 Å². The molecule has 0 saturated heterocycles. The van der Waals surface area contributed by atoms with Gasteiger partial charge in [0.15, 0.2) is 0 Å². The van der Waals surface area contributed by atoms with Crippen LogP contribution in [0.2, 0.25) is 0 Å². The van der Waals surface area contributed by atoms with E-state index >= 15 is 0 Å². The average molecular weight is 1390 g/mol. The monoisotopic (exact) mass is 1390 g/mol. The summed E-state index contributed by atoms with van der Waals surface area (Å²) in [7, 11) is -1.54. The molecule has 0 atom stereocenters. The van der Waals surface area contributed by atoms with Crippen LogP contribution in [0.4, 0.5) is 0 Å². The van der Waals surface area contributed by atoms with Crippen LogP contribution in [-0.2, 0) is 0 Å². The molecule has 0 fully saturated rings. The summed E-state index contributed by atoms with van der Waals surface area (Å²) in [5.41, 5.74) is 17.6.